The molecule has 0 unspecified atom stereocenters. The Morgan fingerprint density at radius 3 is 2.15 bits per heavy atom. The third-order valence-electron chi connectivity index (χ3n) is 6.56. The predicted octanol–water partition coefficient (Wildman–Crippen LogP) is 6.04. The monoisotopic (exact) mass is 458 g/mol. The molecule has 0 bridgehead atoms. The highest BCUT2D eigenvalue weighted by atomic mass is 32.1. The zero-order valence-corrected chi connectivity index (χ0v) is 20.6. The number of hydrogen-bond acceptors (Lipinski definition) is 3. The maximum Gasteiger partial charge on any atom is 0.118 e. The Balaban J connectivity index is 1.44. The molecule has 172 valence electrons. The van der Waals surface area contributed by atoms with Crippen LogP contribution in [0.3, 0.4) is 0 Å². The summed E-state index contributed by atoms with van der Waals surface area (Å²) >= 11 is 6.04. The molecule has 1 heterocycles. The first-order valence-corrected chi connectivity index (χ1v) is 12.3. The van der Waals surface area contributed by atoms with Crippen molar-refractivity contribution in [1.82, 2.24) is 9.80 Å². The fraction of sp³-hybridized carbons (Fsp3) is 0.345. The van der Waals surface area contributed by atoms with E-state index >= 15 is 0 Å². The predicted molar refractivity (Wildman–Crippen MR) is 141 cm³/mol. The summed E-state index contributed by atoms with van der Waals surface area (Å²) in [6.07, 6.45) is 3.07. The summed E-state index contributed by atoms with van der Waals surface area (Å²) in [4.78, 5) is 6.09. The summed E-state index contributed by atoms with van der Waals surface area (Å²) in [7, 11) is 1.70. The van der Waals surface area contributed by atoms with E-state index in [9.17, 15) is 0 Å². The largest absolute Gasteiger partial charge is 0.497 e. The lowest BCUT2D eigenvalue weighted by atomic mass is 10.00. The van der Waals surface area contributed by atoms with E-state index in [0.717, 1.165) is 56.2 Å². The van der Waals surface area contributed by atoms with Crippen LogP contribution in [-0.4, -0.2) is 41.0 Å². The average molecular weight is 459 g/mol. The number of thiocarbonyl (C=S) groups is 1. The van der Waals surface area contributed by atoms with E-state index in [1.165, 1.54) is 22.3 Å². The van der Waals surface area contributed by atoms with Crippen molar-refractivity contribution in [3.05, 3.63) is 101 Å². The summed E-state index contributed by atoms with van der Waals surface area (Å²) in [6, 6.07) is 28.4. The van der Waals surface area contributed by atoms with Gasteiger partial charge in [-0.1, -0.05) is 84.5 Å². The molecule has 3 nitrogen and oxygen atoms in total. The molecule has 0 amide bonds. The van der Waals surface area contributed by atoms with Crippen molar-refractivity contribution in [2.24, 2.45) is 0 Å². The molecule has 3 aromatic rings. The molecule has 0 spiro atoms. The Bertz CT molecular complexity index is 1010. The zero-order chi connectivity index (χ0) is 23.0. The van der Waals surface area contributed by atoms with Crippen molar-refractivity contribution in [2.45, 2.75) is 45.3 Å². The third-order valence-corrected chi connectivity index (χ3v) is 6.93. The van der Waals surface area contributed by atoms with Gasteiger partial charge in [0.15, 0.2) is 0 Å². The maximum atomic E-state index is 6.04. The maximum absolute atomic E-state index is 6.04. The fourth-order valence-corrected chi connectivity index (χ4v) is 4.94. The molecule has 1 aliphatic rings. The molecule has 1 fully saturated rings. The number of ether oxygens (including phenoxy) is 1. The minimum atomic E-state index is 0.476. The number of methoxy groups -OCH3 is 1. The summed E-state index contributed by atoms with van der Waals surface area (Å²) < 4.78 is 5.31. The highest BCUT2D eigenvalue weighted by molar-refractivity contribution is 7.80. The molecule has 3 aromatic carbocycles. The number of aryl methyl sites for hydroxylation is 1. The van der Waals surface area contributed by atoms with Crippen LogP contribution in [0.15, 0.2) is 78.9 Å². The first-order chi connectivity index (χ1) is 16.1. The number of likely N-dealkylation sites (tertiary alicyclic amines) is 1. The second kappa shape index (κ2) is 11.4. The molecule has 1 saturated heterocycles. The normalized spacial score (nSPS) is 14.7. The summed E-state index contributed by atoms with van der Waals surface area (Å²) in [5.74, 6) is 0.881. The van der Waals surface area contributed by atoms with Crippen molar-refractivity contribution in [2.75, 3.05) is 20.2 Å². The molecule has 0 aromatic heterocycles. The summed E-state index contributed by atoms with van der Waals surface area (Å²) in [6.45, 7) is 6.25. The van der Waals surface area contributed by atoms with Crippen LogP contribution in [0.25, 0.3) is 0 Å². The molecule has 4 heteroatoms. The van der Waals surface area contributed by atoms with Crippen molar-refractivity contribution >= 4 is 17.2 Å². The summed E-state index contributed by atoms with van der Waals surface area (Å²) in [5.41, 5.74) is 5.24. The first-order valence-electron chi connectivity index (χ1n) is 11.8. The van der Waals surface area contributed by atoms with Crippen molar-refractivity contribution < 1.29 is 4.74 Å². The molecule has 0 radical (unpaired) electrons. The van der Waals surface area contributed by atoms with Crippen LogP contribution in [-0.2, 0) is 19.5 Å². The number of hydrogen-bond donors (Lipinski definition) is 0. The van der Waals surface area contributed by atoms with E-state index < -0.39 is 0 Å². The Morgan fingerprint density at radius 1 is 0.879 bits per heavy atom. The van der Waals surface area contributed by atoms with Gasteiger partial charge in [-0.15, -0.1) is 0 Å². The second-order valence-electron chi connectivity index (χ2n) is 9.03. The standard InChI is InChI=1S/C29H34N2OS/c1-23-8-10-26(11-9-23)22-31(29(33)20-24-12-14-28(32-2)15-13-24)27-16-18-30(19-17-27)21-25-6-4-3-5-7-25/h3-15,27H,16-22H2,1-2H3. The third kappa shape index (κ3) is 6.66. The number of nitrogens with zero attached hydrogens (tertiary/aromatic N) is 2. The van der Waals surface area contributed by atoms with Gasteiger partial charge in [0.05, 0.1) is 12.1 Å². The van der Waals surface area contributed by atoms with Crippen LogP contribution in [0, 0.1) is 6.92 Å². The van der Waals surface area contributed by atoms with E-state index in [0.29, 0.717) is 6.04 Å². The van der Waals surface area contributed by atoms with Gasteiger partial charge in [-0.2, -0.15) is 0 Å². The topological polar surface area (TPSA) is 15.7 Å². The first kappa shape index (κ1) is 23.5. The van der Waals surface area contributed by atoms with Gasteiger partial charge in [0.1, 0.15) is 5.75 Å². The van der Waals surface area contributed by atoms with Crippen LogP contribution in [0.1, 0.15) is 35.1 Å². The van der Waals surface area contributed by atoms with Gasteiger partial charge >= 0.3 is 0 Å². The van der Waals surface area contributed by atoms with E-state index in [1.807, 2.05) is 12.1 Å². The van der Waals surface area contributed by atoms with E-state index in [4.69, 9.17) is 17.0 Å². The van der Waals surface area contributed by atoms with Gasteiger partial charge in [-0.25, -0.2) is 0 Å². The van der Waals surface area contributed by atoms with E-state index in [1.54, 1.807) is 7.11 Å². The number of piperidine rings is 1. The van der Waals surface area contributed by atoms with Gasteiger partial charge in [-0.3, -0.25) is 4.90 Å². The Morgan fingerprint density at radius 2 is 1.52 bits per heavy atom. The van der Waals surface area contributed by atoms with Crippen molar-refractivity contribution in [1.29, 1.82) is 0 Å². The van der Waals surface area contributed by atoms with Crippen LogP contribution >= 0.6 is 12.2 Å². The lowest BCUT2D eigenvalue weighted by Crippen LogP contribution is -2.46. The minimum Gasteiger partial charge on any atom is -0.497 e. The quantitative estimate of drug-likeness (QED) is 0.382. The van der Waals surface area contributed by atoms with Gasteiger partial charge < -0.3 is 9.64 Å². The van der Waals surface area contributed by atoms with Gasteiger partial charge in [0.25, 0.3) is 0 Å². The van der Waals surface area contributed by atoms with Gasteiger partial charge in [0.2, 0.25) is 0 Å². The lowest BCUT2D eigenvalue weighted by Gasteiger charge is -2.40. The van der Waals surface area contributed by atoms with Crippen LogP contribution in [0.2, 0.25) is 0 Å². The highest BCUT2D eigenvalue weighted by Crippen LogP contribution is 2.23. The minimum absolute atomic E-state index is 0.476. The summed E-state index contributed by atoms with van der Waals surface area (Å²) in [5, 5.41) is 0. The Kier molecular flexibility index (Phi) is 8.14. The average Bonchev–Trinajstić information content (AvgIpc) is 2.85. The smallest absolute Gasteiger partial charge is 0.118 e. The lowest BCUT2D eigenvalue weighted by molar-refractivity contribution is 0.145. The van der Waals surface area contributed by atoms with Gasteiger partial charge in [0, 0.05) is 38.6 Å². The number of benzene rings is 3. The molecular formula is C29H34N2OS. The SMILES string of the molecule is COc1ccc(CC(=S)N(Cc2ccc(C)cc2)C2CCN(Cc3ccccc3)CC2)cc1. The molecule has 0 atom stereocenters. The molecule has 0 saturated carbocycles. The van der Waals surface area contributed by atoms with Crippen molar-refractivity contribution in [3.8, 4) is 5.75 Å². The second-order valence-corrected chi connectivity index (χ2v) is 9.50. The molecular weight excluding hydrogens is 424 g/mol. The van der Waals surface area contributed by atoms with Crippen molar-refractivity contribution in [3.63, 3.8) is 0 Å². The van der Waals surface area contributed by atoms with Gasteiger partial charge in [-0.05, 0) is 48.6 Å². The van der Waals surface area contributed by atoms with Crippen LogP contribution < -0.4 is 4.74 Å². The van der Waals surface area contributed by atoms with Crippen LogP contribution in [0.4, 0.5) is 0 Å². The zero-order valence-electron chi connectivity index (χ0n) is 19.7. The molecule has 0 N–H and O–H groups in total. The molecule has 4 rings (SSSR count). The van der Waals surface area contributed by atoms with E-state index in [-0.39, 0.29) is 0 Å². The van der Waals surface area contributed by atoms with Crippen LogP contribution in [0.5, 0.6) is 5.75 Å². The van der Waals surface area contributed by atoms with E-state index in [2.05, 4.69) is 83.5 Å². The highest BCUT2D eigenvalue weighted by Gasteiger charge is 2.26. The number of rotatable bonds is 8. The molecule has 0 aliphatic carbocycles. The Labute approximate surface area is 204 Å². The molecule has 33 heavy (non-hydrogen) atoms. The molecule has 1 aliphatic heterocycles. The fourth-order valence-electron chi connectivity index (χ4n) is 4.56. The Hall–Kier alpha value is -2.69.